The number of halogens is 1. The van der Waals surface area contributed by atoms with Crippen molar-refractivity contribution >= 4 is 34.9 Å². The Kier molecular flexibility index (Phi) is 7.71. The fourth-order valence-electron chi connectivity index (χ4n) is 3.33. The number of hydrogen-bond acceptors (Lipinski definition) is 7. The molecule has 3 rings (SSSR count). The quantitative estimate of drug-likeness (QED) is 0.184. The van der Waals surface area contributed by atoms with Crippen LogP contribution in [0.2, 0.25) is 5.02 Å². The molecule has 0 saturated heterocycles. The molecular weight excluding hydrogens is 470 g/mol. The fourth-order valence-corrected chi connectivity index (χ4v) is 3.61. The average molecular weight is 494 g/mol. The summed E-state index contributed by atoms with van der Waals surface area (Å²) in [5.41, 5.74) is 1.47. The third-order valence-electron chi connectivity index (χ3n) is 5.21. The van der Waals surface area contributed by atoms with Gasteiger partial charge in [-0.15, -0.1) is 0 Å². The third kappa shape index (κ3) is 5.58. The normalized spacial score (nSPS) is 11.5. The van der Waals surface area contributed by atoms with E-state index in [1.54, 1.807) is 62.4 Å². The van der Waals surface area contributed by atoms with Crippen LogP contribution in [-0.4, -0.2) is 24.6 Å². The van der Waals surface area contributed by atoms with Gasteiger partial charge in [0.2, 0.25) is 10.9 Å². The highest BCUT2D eigenvalue weighted by Crippen LogP contribution is 2.32. The van der Waals surface area contributed by atoms with Crippen LogP contribution in [0.3, 0.4) is 0 Å². The molecule has 35 heavy (non-hydrogen) atoms. The molecule has 0 aromatic heterocycles. The second-order valence-electron chi connectivity index (χ2n) is 8.16. The van der Waals surface area contributed by atoms with Gasteiger partial charge in [0, 0.05) is 22.5 Å². The Balaban J connectivity index is 1.92. The number of ether oxygens (including phenoxy) is 2. The molecule has 0 fully saturated rings. The van der Waals surface area contributed by atoms with Crippen LogP contribution >= 0.6 is 11.6 Å². The van der Waals surface area contributed by atoms with Gasteiger partial charge in [0.25, 0.3) is 0 Å². The van der Waals surface area contributed by atoms with E-state index in [9.17, 15) is 19.2 Å². The Bertz CT molecular complexity index is 1360. The fraction of sp³-hybridized carbons (Fsp3) is 0.185. The number of rotatable bonds is 9. The van der Waals surface area contributed by atoms with Crippen LogP contribution < -0.4 is 20.5 Å². The Morgan fingerprint density at radius 2 is 1.40 bits per heavy atom. The smallest absolute Gasteiger partial charge is 0.338 e. The van der Waals surface area contributed by atoms with Crippen LogP contribution in [0.4, 0.5) is 11.4 Å². The molecule has 8 heteroatoms. The van der Waals surface area contributed by atoms with Crippen molar-refractivity contribution in [3.8, 4) is 16.9 Å². The topological polar surface area (TPSA) is 90.0 Å². The average Bonchev–Trinajstić information content (AvgIpc) is 2.84. The molecule has 0 radical (unpaired) electrons. The van der Waals surface area contributed by atoms with E-state index in [1.165, 1.54) is 0 Å². The third-order valence-corrected chi connectivity index (χ3v) is 5.57. The molecule has 0 amide bonds. The molecule has 0 heterocycles. The van der Waals surface area contributed by atoms with Crippen LogP contribution in [0.1, 0.15) is 20.8 Å². The maximum absolute atomic E-state index is 11.9. The summed E-state index contributed by atoms with van der Waals surface area (Å²) in [7, 11) is 0. The summed E-state index contributed by atoms with van der Waals surface area (Å²) in [5.74, 6) is -0.667. The predicted molar refractivity (Wildman–Crippen MR) is 136 cm³/mol. The number of carbonyl (C=O) groups is 2. The van der Waals surface area contributed by atoms with Crippen LogP contribution in [-0.2, 0) is 14.3 Å². The maximum Gasteiger partial charge on any atom is 0.338 e. The molecule has 0 aliphatic heterocycles. The minimum Gasteiger partial charge on any atom is -0.460 e. The van der Waals surface area contributed by atoms with Gasteiger partial charge in [-0.25, -0.2) is 9.59 Å². The molecule has 180 valence electrons. The lowest BCUT2D eigenvalue weighted by Gasteiger charge is -2.31. The van der Waals surface area contributed by atoms with Gasteiger partial charge in [-0.05, 0) is 62.7 Å². The van der Waals surface area contributed by atoms with Crippen molar-refractivity contribution in [2.75, 3.05) is 11.5 Å². The van der Waals surface area contributed by atoms with Crippen LogP contribution in [0, 0.1) is 0 Å². The van der Waals surface area contributed by atoms with Gasteiger partial charge < -0.3 is 14.4 Å². The first-order chi connectivity index (χ1) is 16.5. The highest BCUT2D eigenvalue weighted by molar-refractivity contribution is 6.34. The minimum atomic E-state index is -0.687. The van der Waals surface area contributed by atoms with E-state index >= 15 is 0 Å². The Morgan fingerprint density at radius 3 is 1.89 bits per heavy atom. The minimum absolute atomic E-state index is 0.0698. The highest BCUT2D eigenvalue weighted by Gasteiger charge is 2.22. The molecule has 0 aliphatic rings. The number of carbonyl (C=O) groups excluding carboxylic acids is 2. The van der Waals surface area contributed by atoms with Gasteiger partial charge in [0.05, 0.1) is 11.6 Å². The summed E-state index contributed by atoms with van der Waals surface area (Å²) in [6, 6.07) is 13.5. The Morgan fingerprint density at radius 1 is 0.886 bits per heavy atom. The number of hydrogen-bond donors (Lipinski definition) is 0. The Labute approximate surface area is 207 Å². The monoisotopic (exact) mass is 493 g/mol. The molecular formula is C27H24ClNO6. The second kappa shape index (κ2) is 10.5. The lowest BCUT2D eigenvalue weighted by molar-refractivity contribution is -0.139. The summed E-state index contributed by atoms with van der Waals surface area (Å²) >= 11 is 5.91. The van der Waals surface area contributed by atoms with Gasteiger partial charge in [-0.2, -0.15) is 0 Å². The van der Waals surface area contributed by atoms with Crippen LogP contribution in [0.25, 0.3) is 11.1 Å². The van der Waals surface area contributed by atoms with Gasteiger partial charge in [0.1, 0.15) is 17.4 Å². The SMILES string of the molecule is C=C(C)C(=O)OCC(C)N(c1ccc(OC(=O)C(=C)C)cc1)c1ccc(-c2c(Cl)c(=O)c2=O)cc1. The molecule has 0 spiro atoms. The zero-order valence-electron chi connectivity index (χ0n) is 19.6. The number of anilines is 2. The van der Waals surface area contributed by atoms with E-state index in [-0.39, 0.29) is 28.8 Å². The van der Waals surface area contributed by atoms with Crippen molar-refractivity contribution < 1.29 is 19.1 Å². The summed E-state index contributed by atoms with van der Waals surface area (Å²) in [6.45, 7) is 12.2. The van der Waals surface area contributed by atoms with Crippen molar-refractivity contribution in [3.05, 3.63) is 98.3 Å². The van der Waals surface area contributed by atoms with E-state index in [0.29, 0.717) is 16.9 Å². The molecule has 0 N–H and O–H groups in total. The zero-order chi connectivity index (χ0) is 25.9. The highest BCUT2D eigenvalue weighted by atomic mass is 35.5. The first-order valence-corrected chi connectivity index (χ1v) is 11.1. The van der Waals surface area contributed by atoms with Crippen molar-refractivity contribution in [1.29, 1.82) is 0 Å². The summed E-state index contributed by atoms with van der Waals surface area (Å²) < 4.78 is 10.6. The lowest BCUT2D eigenvalue weighted by Crippen LogP contribution is -2.34. The van der Waals surface area contributed by atoms with E-state index in [0.717, 1.165) is 11.4 Å². The van der Waals surface area contributed by atoms with Crippen molar-refractivity contribution in [1.82, 2.24) is 0 Å². The van der Waals surface area contributed by atoms with Crippen LogP contribution in [0.15, 0.2) is 82.4 Å². The lowest BCUT2D eigenvalue weighted by atomic mass is 10.0. The maximum atomic E-state index is 11.9. The number of nitrogens with zero attached hydrogens (tertiary/aromatic N) is 1. The van der Waals surface area contributed by atoms with Gasteiger partial charge in [0.15, 0.2) is 0 Å². The second-order valence-corrected chi connectivity index (χ2v) is 8.53. The van der Waals surface area contributed by atoms with Crippen LogP contribution in [0.5, 0.6) is 5.75 Å². The molecule has 7 nitrogen and oxygen atoms in total. The predicted octanol–water partition coefficient (Wildman–Crippen LogP) is 4.73. The van der Waals surface area contributed by atoms with Gasteiger partial charge >= 0.3 is 11.9 Å². The molecule has 1 atom stereocenters. The Hall–Kier alpha value is -3.97. The number of esters is 2. The van der Waals surface area contributed by atoms with E-state index in [2.05, 4.69) is 13.2 Å². The largest absolute Gasteiger partial charge is 0.460 e. The summed E-state index contributed by atoms with van der Waals surface area (Å²) in [5, 5.41) is -0.0698. The number of benzene rings is 2. The first-order valence-electron chi connectivity index (χ1n) is 10.7. The van der Waals surface area contributed by atoms with Crippen molar-refractivity contribution in [2.24, 2.45) is 0 Å². The molecule has 1 unspecified atom stereocenters. The molecule has 3 aromatic rings. The summed E-state index contributed by atoms with van der Waals surface area (Å²) in [4.78, 5) is 49.0. The summed E-state index contributed by atoms with van der Waals surface area (Å²) in [6.07, 6.45) is 0. The van der Waals surface area contributed by atoms with E-state index in [1.807, 2.05) is 11.8 Å². The molecule has 0 saturated carbocycles. The molecule has 0 bridgehead atoms. The first kappa shape index (κ1) is 25.6. The van der Waals surface area contributed by atoms with Crippen molar-refractivity contribution in [2.45, 2.75) is 26.8 Å². The van der Waals surface area contributed by atoms with E-state index in [4.69, 9.17) is 21.1 Å². The molecule has 0 aliphatic carbocycles. The standard InChI is InChI=1S/C27H24ClNO6/c1-15(2)26(32)34-14-17(5)29(20-10-12-21(13-11-20)35-27(33)16(3)4)19-8-6-18(7-9-19)22-23(28)25(31)24(22)30/h6-13,17H,1,3,14H2,2,4-5H3. The van der Waals surface area contributed by atoms with Gasteiger partial charge in [-0.3, -0.25) is 9.59 Å². The van der Waals surface area contributed by atoms with Gasteiger partial charge in [-0.1, -0.05) is 36.9 Å². The molecule has 3 aromatic carbocycles. The zero-order valence-corrected chi connectivity index (χ0v) is 20.3. The van der Waals surface area contributed by atoms with Crippen molar-refractivity contribution in [3.63, 3.8) is 0 Å². The van der Waals surface area contributed by atoms with E-state index < -0.39 is 22.8 Å².